The van der Waals surface area contributed by atoms with Crippen molar-refractivity contribution in [2.75, 3.05) is 23.5 Å². The van der Waals surface area contributed by atoms with Gasteiger partial charge in [0.1, 0.15) is 11.5 Å². The van der Waals surface area contributed by atoms with Crippen LogP contribution in [-0.4, -0.2) is 59.8 Å². The highest BCUT2D eigenvalue weighted by atomic mass is 35.5. The van der Waals surface area contributed by atoms with Gasteiger partial charge in [0.2, 0.25) is 0 Å². The third-order valence-electron chi connectivity index (χ3n) is 13.9. The summed E-state index contributed by atoms with van der Waals surface area (Å²) in [6.45, 7) is 7.55. The Labute approximate surface area is 390 Å². The molecule has 66 heavy (non-hydrogen) atoms. The summed E-state index contributed by atoms with van der Waals surface area (Å²) in [6, 6.07) is 46.3. The number of aryl methyl sites for hydroxylation is 1. The fourth-order valence-electron chi connectivity index (χ4n) is 10.6. The minimum atomic E-state index is -2.45. The Morgan fingerprint density at radius 3 is 2.30 bits per heavy atom. The molecule has 1 saturated heterocycles. The average molecular weight is 917 g/mol. The Kier molecular flexibility index (Phi) is 11.4. The van der Waals surface area contributed by atoms with Crippen LogP contribution in [0.3, 0.4) is 0 Å². The van der Waals surface area contributed by atoms with E-state index in [4.69, 9.17) is 25.8 Å². The van der Waals surface area contributed by atoms with Crippen molar-refractivity contribution in [1.82, 2.24) is 15.0 Å². The van der Waals surface area contributed by atoms with E-state index in [2.05, 4.69) is 42.5 Å². The summed E-state index contributed by atoms with van der Waals surface area (Å²) in [4.78, 5) is 33.2. The number of aliphatic hydroxyl groups excluding tert-OH is 1. The minimum Gasteiger partial charge on any atom is -0.497 e. The molecule has 1 fully saturated rings. The molecule has 1 unspecified atom stereocenters. The van der Waals surface area contributed by atoms with E-state index in [1.54, 1.807) is 24.1 Å². The molecule has 7 aromatic rings. The van der Waals surface area contributed by atoms with Crippen LogP contribution in [0.25, 0.3) is 0 Å². The van der Waals surface area contributed by atoms with Crippen molar-refractivity contribution in [2.24, 2.45) is 5.92 Å². The van der Waals surface area contributed by atoms with Crippen molar-refractivity contribution in [1.29, 1.82) is 0 Å². The van der Waals surface area contributed by atoms with Crippen molar-refractivity contribution in [3.63, 3.8) is 0 Å². The number of para-hydroxylation sites is 3. The smallest absolute Gasteiger partial charge is 0.266 e. The molecule has 10 rings (SSSR count). The first-order chi connectivity index (χ1) is 32.0. The molecule has 0 bridgehead atoms. The average Bonchev–Trinajstić information content (AvgIpc) is 3.97. The van der Waals surface area contributed by atoms with Crippen molar-refractivity contribution < 1.29 is 28.9 Å². The number of carbonyl (C=O) groups excluding carboxylic acids is 2. The first kappa shape index (κ1) is 43.3. The lowest BCUT2D eigenvalue weighted by Crippen LogP contribution is -2.51. The number of aliphatic hydroxyl groups is 1. The highest BCUT2D eigenvalue weighted by Crippen LogP contribution is 2.60. The van der Waals surface area contributed by atoms with E-state index in [0.29, 0.717) is 52.1 Å². The largest absolute Gasteiger partial charge is 0.497 e. The number of carbonyl (C=O) groups is 2. The van der Waals surface area contributed by atoms with Crippen LogP contribution in [0.15, 0.2) is 152 Å². The normalized spacial score (nSPS) is 20.4. The third kappa shape index (κ3) is 7.38. The molecule has 1 N–H and O–H groups in total. The van der Waals surface area contributed by atoms with Crippen LogP contribution in [0.1, 0.15) is 52.0 Å². The Bertz CT molecular complexity index is 2930. The van der Waals surface area contributed by atoms with E-state index in [0.717, 1.165) is 28.1 Å². The number of hydrogen-bond acceptors (Lipinski definition) is 8. The lowest BCUT2D eigenvalue weighted by atomic mass is 9.82. The predicted molar refractivity (Wildman–Crippen MR) is 258 cm³/mol. The molecular formula is C53H50ClN5O6Si. The molecule has 0 aliphatic carbocycles. The summed E-state index contributed by atoms with van der Waals surface area (Å²) in [5.41, 5.74) is 4.49. The summed E-state index contributed by atoms with van der Waals surface area (Å²) in [6.07, 6.45) is 2.14. The lowest BCUT2D eigenvalue weighted by Gasteiger charge is -2.37. The predicted octanol–water partition coefficient (Wildman–Crippen LogP) is 10.0. The van der Waals surface area contributed by atoms with Gasteiger partial charge in [-0.1, -0.05) is 121 Å². The number of amides is 2. The quantitative estimate of drug-likeness (QED) is 0.120. The SMILES string of the molecule is COc1ccc([Si](C)(C)[C@@H]2[C@@H](CCn3cc(C(CO)c4ccccc4)nn3)O[C@]3(C(=O)N(Cc4ccc(N5C(=O)c6ccccc6Oc6ccccc65)cc4)c4ccc(Cl)cc43)[C@H]2C)cc1. The Morgan fingerprint density at radius 2 is 1.56 bits per heavy atom. The van der Waals surface area contributed by atoms with Gasteiger partial charge < -0.3 is 24.2 Å². The highest BCUT2D eigenvalue weighted by Gasteiger charge is 2.66. The molecule has 1 spiro atoms. The van der Waals surface area contributed by atoms with E-state index >= 15 is 4.79 Å². The second-order valence-corrected chi connectivity index (χ2v) is 23.0. The summed E-state index contributed by atoms with van der Waals surface area (Å²) in [7, 11) is -0.778. The van der Waals surface area contributed by atoms with Gasteiger partial charge in [0.25, 0.3) is 11.8 Å². The van der Waals surface area contributed by atoms with Crippen molar-refractivity contribution >= 4 is 53.7 Å². The lowest BCUT2D eigenvalue weighted by molar-refractivity contribution is -0.146. The summed E-state index contributed by atoms with van der Waals surface area (Å²) in [5.74, 6) is 0.977. The van der Waals surface area contributed by atoms with Gasteiger partial charge in [-0.25, -0.2) is 0 Å². The number of nitrogens with zero attached hydrogens (tertiary/aromatic N) is 5. The maximum atomic E-state index is 15.6. The number of halogens is 1. The molecule has 0 saturated carbocycles. The van der Waals surface area contributed by atoms with Crippen molar-refractivity contribution in [2.45, 2.75) is 62.7 Å². The first-order valence-electron chi connectivity index (χ1n) is 22.3. The fraction of sp³-hybridized carbons (Fsp3) is 0.245. The number of methoxy groups -OCH3 is 1. The summed E-state index contributed by atoms with van der Waals surface area (Å²) < 4.78 is 21.0. The Morgan fingerprint density at radius 1 is 0.848 bits per heavy atom. The van der Waals surface area contributed by atoms with Crippen molar-refractivity contribution in [3.8, 4) is 17.2 Å². The Hall–Kier alpha value is -6.57. The molecule has 5 atom stereocenters. The Balaban J connectivity index is 0.976. The van der Waals surface area contributed by atoms with Crippen LogP contribution < -0.4 is 24.5 Å². The van der Waals surface area contributed by atoms with E-state index in [9.17, 15) is 9.90 Å². The molecule has 3 aliphatic rings. The van der Waals surface area contributed by atoms with Crippen LogP contribution in [0.4, 0.5) is 17.1 Å². The topological polar surface area (TPSA) is 119 Å². The maximum absolute atomic E-state index is 15.6. The number of benzene rings is 6. The van der Waals surface area contributed by atoms with Gasteiger partial charge in [0, 0.05) is 34.9 Å². The molecule has 4 heterocycles. The van der Waals surface area contributed by atoms with E-state index in [-0.39, 0.29) is 48.4 Å². The van der Waals surface area contributed by atoms with Gasteiger partial charge in [-0.15, -0.1) is 5.10 Å². The summed E-state index contributed by atoms with van der Waals surface area (Å²) in [5, 5.41) is 21.1. The molecule has 11 nitrogen and oxygen atoms in total. The number of rotatable bonds is 12. The zero-order chi connectivity index (χ0) is 45.7. The molecule has 0 radical (unpaired) electrons. The monoisotopic (exact) mass is 915 g/mol. The van der Waals surface area contributed by atoms with E-state index < -0.39 is 13.7 Å². The molecular weight excluding hydrogens is 866 g/mol. The second kappa shape index (κ2) is 17.3. The van der Waals surface area contributed by atoms with Crippen LogP contribution in [0.5, 0.6) is 17.2 Å². The van der Waals surface area contributed by atoms with Gasteiger partial charge in [-0.05, 0) is 89.8 Å². The molecule has 13 heteroatoms. The number of hydrogen-bond donors (Lipinski definition) is 1. The van der Waals surface area contributed by atoms with Gasteiger partial charge in [-0.3, -0.25) is 19.2 Å². The van der Waals surface area contributed by atoms with Crippen LogP contribution in [0.2, 0.25) is 23.7 Å². The molecule has 6 aromatic carbocycles. The van der Waals surface area contributed by atoms with Gasteiger partial charge >= 0.3 is 0 Å². The minimum absolute atomic E-state index is 0.0124. The summed E-state index contributed by atoms with van der Waals surface area (Å²) >= 11 is 6.82. The second-order valence-electron chi connectivity index (χ2n) is 17.9. The highest BCUT2D eigenvalue weighted by molar-refractivity contribution is 6.91. The molecule has 3 aliphatic heterocycles. The fourth-order valence-corrected chi connectivity index (χ4v) is 14.8. The first-order valence-corrected chi connectivity index (χ1v) is 25.8. The zero-order valence-electron chi connectivity index (χ0n) is 37.2. The van der Waals surface area contributed by atoms with Gasteiger partial charge in [-0.2, -0.15) is 0 Å². The molecule has 1 aromatic heterocycles. The molecule has 334 valence electrons. The van der Waals surface area contributed by atoms with E-state index in [1.807, 2.05) is 137 Å². The number of aromatic nitrogens is 3. The number of fused-ring (bicyclic) bond motifs is 4. The van der Waals surface area contributed by atoms with Crippen LogP contribution in [-0.2, 0) is 28.2 Å². The van der Waals surface area contributed by atoms with Crippen LogP contribution in [0, 0.1) is 5.92 Å². The number of anilines is 3. The standard InChI is InChI=1S/C53H50ClN5O6Si/c1-34-50(66(3,4)40-25-23-39(63-2)24-26-40)49(28-29-57-32-44(55-56-57)42(33-60)36-12-6-5-7-13-36)65-53(34)43-30-37(54)20-27-45(43)58(52(53)62)31-35-18-21-38(22-19-35)59-46-15-9-11-17-48(46)64-47-16-10-8-14-41(47)51(59)61/h5-27,30,32,34,42,49-50,60H,28-29,31,33H2,1-4H3/t34-,42?,49+,50-,53+/m0/s1. The number of ether oxygens (including phenoxy) is 3. The zero-order valence-corrected chi connectivity index (χ0v) is 38.9. The van der Waals surface area contributed by atoms with Gasteiger partial charge in [0.15, 0.2) is 11.4 Å². The third-order valence-corrected chi connectivity index (χ3v) is 18.5. The van der Waals surface area contributed by atoms with E-state index in [1.165, 1.54) is 5.19 Å². The molecule has 2 amide bonds. The van der Waals surface area contributed by atoms with Crippen LogP contribution >= 0.6 is 11.6 Å². The van der Waals surface area contributed by atoms with Crippen molar-refractivity contribution in [3.05, 3.63) is 185 Å². The van der Waals surface area contributed by atoms with Gasteiger partial charge in [0.05, 0.1) is 63.0 Å². The maximum Gasteiger partial charge on any atom is 0.266 e.